The number of rotatable bonds is 6. The third kappa shape index (κ3) is 3.97. The molecule has 0 bridgehead atoms. The fourth-order valence-corrected chi connectivity index (χ4v) is 2.98. The quantitative estimate of drug-likeness (QED) is 0.806. The Balaban J connectivity index is 2.17. The maximum atomic E-state index is 13.5. The van der Waals surface area contributed by atoms with Crippen LogP contribution < -0.4 is 5.32 Å². The molecule has 1 N–H and O–H groups in total. The highest BCUT2D eigenvalue weighted by Crippen LogP contribution is 2.16. The molecule has 8 heteroatoms. The largest absolute Gasteiger partial charge is 0.348 e. The summed E-state index contributed by atoms with van der Waals surface area (Å²) in [6, 6.07) is 11.6. The highest BCUT2D eigenvalue weighted by atomic mass is 32.2. The molecule has 6 nitrogen and oxygen atoms in total. The zero-order valence-electron chi connectivity index (χ0n) is 13.2. The Kier molecular flexibility index (Phi) is 5.66. The maximum Gasteiger partial charge on any atom is 0.264 e. The van der Waals surface area contributed by atoms with E-state index in [4.69, 9.17) is 4.84 Å². The Hall–Kier alpha value is -2.29. The number of nitrogens with one attached hydrogen (secondary N) is 1. The lowest BCUT2D eigenvalue weighted by molar-refractivity contribution is -0.0258. The van der Waals surface area contributed by atoms with E-state index in [-0.39, 0.29) is 17.0 Å². The van der Waals surface area contributed by atoms with E-state index in [1.165, 1.54) is 44.5 Å². The fourth-order valence-electron chi connectivity index (χ4n) is 1.96. The van der Waals surface area contributed by atoms with E-state index in [9.17, 15) is 17.6 Å². The number of nitrogens with zero attached hydrogens (tertiary/aromatic N) is 1. The lowest BCUT2D eigenvalue weighted by Gasteiger charge is -2.14. The minimum absolute atomic E-state index is 0.000455. The van der Waals surface area contributed by atoms with E-state index >= 15 is 0 Å². The van der Waals surface area contributed by atoms with Gasteiger partial charge in [0.15, 0.2) is 0 Å². The molecule has 2 aromatic rings. The van der Waals surface area contributed by atoms with Crippen LogP contribution in [0.3, 0.4) is 0 Å². The molecular formula is C16H17FN2O4S. The van der Waals surface area contributed by atoms with E-state index in [1.54, 1.807) is 18.2 Å². The van der Waals surface area contributed by atoms with Gasteiger partial charge in [-0.05, 0) is 24.3 Å². The van der Waals surface area contributed by atoms with Gasteiger partial charge >= 0.3 is 0 Å². The van der Waals surface area contributed by atoms with Crippen molar-refractivity contribution in [2.75, 3.05) is 14.2 Å². The first kappa shape index (κ1) is 18.1. The number of hydroxylamine groups is 1. The Morgan fingerprint density at radius 1 is 1.21 bits per heavy atom. The summed E-state index contributed by atoms with van der Waals surface area (Å²) >= 11 is 0. The summed E-state index contributed by atoms with van der Waals surface area (Å²) in [6.45, 7) is 0.000455. The molecule has 128 valence electrons. The molecule has 0 saturated heterocycles. The number of halogens is 1. The Labute approximate surface area is 139 Å². The number of amides is 1. The van der Waals surface area contributed by atoms with Gasteiger partial charge in [-0.3, -0.25) is 9.63 Å². The van der Waals surface area contributed by atoms with Gasteiger partial charge in [-0.25, -0.2) is 12.8 Å². The second kappa shape index (κ2) is 7.52. The van der Waals surface area contributed by atoms with Gasteiger partial charge in [0.2, 0.25) is 0 Å². The van der Waals surface area contributed by atoms with Crippen molar-refractivity contribution in [1.82, 2.24) is 9.79 Å². The lowest BCUT2D eigenvalue weighted by atomic mass is 10.2. The molecule has 2 aromatic carbocycles. The van der Waals surface area contributed by atoms with Crippen molar-refractivity contribution in [2.45, 2.75) is 11.4 Å². The van der Waals surface area contributed by atoms with Gasteiger partial charge in [0.25, 0.3) is 15.9 Å². The van der Waals surface area contributed by atoms with Crippen molar-refractivity contribution in [3.05, 3.63) is 65.5 Å². The summed E-state index contributed by atoms with van der Waals surface area (Å²) < 4.78 is 38.6. The lowest BCUT2D eigenvalue weighted by Crippen LogP contribution is -2.27. The number of benzene rings is 2. The zero-order chi connectivity index (χ0) is 17.7. The SMILES string of the molecule is CON(C)S(=O)(=O)c1cccc(C(=O)NCc2ccccc2F)c1. The fraction of sp³-hybridized carbons (Fsp3) is 0.188. The van der Waals surface area contributed by atoms with Crippen molar-refractivity contribution in [3.63, 3.8) is 0 Å². The van der Waals surface area contributed by atoms with Crippen molar-refractivity contribution in [2.24, 2.45) is 0 Å². The van der Waals surface area contributed by atoms with Crippen molar-refractivity contribution in [3.8, 4) is 0 Å². The predicted octanol–water partition coefficient (Wildman–Crippen LogP) is 1.94. The van der Waals surface area contributed by atoms with Crippen molar-refractivity contribution < 1.29 is 22.4 Å². The first-order valence-electron chi connectivity index (χ1n) is 7.01. The summed E-state index contributed by atoms with van der Waals surface area (Å²) in [4.78, 5) is 16.8. The summed E-state index contributed by atoms with van der Waals surface area (Å²) in [5.41, 5.74) is 0.491. The van der Waals surface area contributed by atoms with E-state index in [2.05, 4.69) is 5.32 Å². The molecule has 0 aromatic heterocycles. The molecule has 0 heterocycles. The second-order valence-electron chi connectivity index (χ2n) is 4.90. The number of sulfonamides is 1. The third-order valence-electron chi connectivity index (χ3n) is 3.39. The molecule has 0 radical (unpaired) electrons. The van der Waals surface area contributed by atoms with Crippen molar-refractivity contribution >= 4 is 15.9 Å². The first-order chi connectivity index (χ1) is 11.4. The first-order valence-corrected chi connectivity index (χ1v) is 8.45. The van der Waals surface area contributed by atoms with E-state index < -0.39 is 21.7 Å². The van der Waals surface area contributed by atoms with Gasteiger partial charge in [0.1, 0.15) is 5.82 Å². The summed E-state index contributed by atoms with van der Waals surface area (Å²) in [7, 11) is -1.37. The average Bonchev–Trinajstić information content (AvgIpc) is 2.60. The summed E-state index contributed by atoms with van der Waals surface area (Å²) in [6.07, 6.45) is 0. The smallest absolute Gasteiger partial charge is 0.264 e. The Morgan fingerprint density at radius 2 is 1.92 bits per heavy atom. The second-order valence-corrected chi connectivity index (χ2v) is 6.84. The molecule has 0 spiro atoms. The van der Waals surface area contributed by atoms with Crippen LogP contribution in [0.25, 0.3) is 0 Å². The van der Waals surface area contributed by atoms with Gasteiger partial charge in [0, 0.05) is 24.7 Å². The monoisotopic (exact) mass is 352 g/mol. The maximum absolute atomic E-state index is 13.5. The number of hydrogen-bond acceptors (Lipinski definition) is 4. The van der Waals surface area contributed by atoms with Crippen LogP contribution in [0.15, 0.2) is 53.4 Å². The number of hydrogen-bond donors (Lipinski definition) is 1. The van der Waals surface area contributed by atoms with Crippen LogP contribution in [-0.2, 0) is 21.4 Å². The minimum Gasteiger partial charge on any atom is -0.348 e. The van der Waals surface area contributed by atoms with E-state index in [0.717, 1.165) is 0 Å². The van der Waals surface area contributed by atoms with Gasteiger partial charge < -0.3 is 5.32 Å². The summed E-state index contributed by atoms with van der Waals surface area (Å²) in [5.74, 6) is -0.925. The Bertz CT molecular complexity index is 839. The molecule has 0 aliphatic carbocycles. The highest BCUT2D eigenvalue weighted by Gasteiger charge is 2.21. The molecule has 2 rings (SSSR count). The van der Waals surface area contributed by atoms with Crippen LogP contribution in [0.2, 0.25) is 0 Å². The van der Waals surface area contributed by atoms with E-state index in [1.807, 2.05) is 0 Å². The molecular weight excluding hydrogens is 335 g/mol. The van der Waals surface area contributed by atoms with E-state index in [0.29, 0.717) is 10.0 Å². The number of carbonyl (C=O) groups excluding carboxylic acids is 1. The molecule has 1 amide bonds. The van der Waals surface area contributed by atoms with Crippen LogP contribution >= 0.6 is 0 Å². The van der Waals surface area contributed by atoms with Gasteiger partial charge in [-0.15, -0.1) is 0 Å². The van der Waals surface area contributed by atoms with Gasteiger partial charge in [-0.1, -0.05) is 28.7 Å². The van der Waals surface area contributed by atoms with Crippen LogP contribution in [0.5, 0.6) is 0 Å². The normalized spacial score (nSPS) is 11.5. The molecule has 0 fully saturated rings. The Morgan fingerprint density at radius 3 is 2.58 bits per heavy atom. The van der Waals surface area contributed by atoms with Crippen LogP contribution in [0.1, 0.15) is 15.9 Å². The zero-order valence-corrected chi connectivity index (χ0v) is 14.0. The minimum atomic E-state index is -3.85. The van der Waals surface area contributed by atoms with Crippen molar-refractivity contribution in [1.29, 1.82) is 0 Å². The molecule has 24 heavy (non-hydrogen) atoms. The number of carbonyl (C=O) groups is 1. The molecule has 0 atom stereocenters. The third-order valence-corrected chi connectivity index (χ3v) is 5.06. The average molecular weight is 352 g/mol. The standard InChI is InChI=1S/C16H17FN2O4S/c1-19(23-2)24(21,22)14-8-5-7-12(10-14)16(20)18-11-13-6-3-4-9-15(13)17/h3-10H,11H2,1-2H3,(H,18,20). The molecule has 0 unspecified atom stereocenters. The highest BCUT2D eigenvalue weighted by molar-refractivity contribution is 7.89. The van der Waals surface area contributed by atoms with Crippen LogP contribution in [-0.4, -0.2) is 33.0 Å². The van der Waals surface area contributed by atoms with Gasteiger partial charge in [0.05, 0.1) is 12.0 Å². The molecule has 0 aliphatic rings. The predicted molar refractivity (Wildman–Crippen MR) is 86.0 cm³/mol. The molecule has 0 saturated carbocycles. The summed E-state index contributed by atoms with van der Waals surface area (Å²) in [5, 5.41) is 2.56. The van der Waals surface area contributed by atoms with Gasteiger partial charge in [-0.2, -0.15) is 0 Å². The van der Waals surface area contributed by atoms with Crippen LogP contribution in [0, 0.1) is 5.82 Å². The topological polar surface area (TPSA) is 75.7 Å². The molecule has 0 aliphatic heterocycles. The van der Waals surface area contributed by atoms with Crippen LogP contribution in [0.4, 0.5) is 4.39 Å².